The van der Waals surface area contributed by atoms with Gasteiger partial charge in [0, 0.05) is 18.0 Å². The summed E-state index contributed by atoms with van der Waals surface area (Å²) in [5.74, 6) is -0.336. The van der Waals surface area contributed by atoms with Crippen LogP contribution in [0.2, 0.25) is 0 Å². The summed E-state index contributed by atoms with van der Waals surface area (Å²) >= 11 is 0. The van der Waals surface area contributed by atoms with Gasteiger partial charge in [0.15, 0.2) is 5.41 Å². The minimum absolute atomic E-state index is 0.162. The predicted molar refractivity (Wildman–Crippen MR) is 139 cm³/mol. The van der Waals surface area contributed by atoms with Crippen LogP contribution in [-0.2, 0) is 15.1 Å². The van der Waals surface area contributed by atoms with E-state index in [4.69, 9.17) is 19.4 Å². The molecule has 0 unspecified atom stereocenters. The van der Waals surface area contributed by atoms with Crippen LogP contribution < -0.4 is 4.74 Å². The van der Waals surface area contributed by atoms with E-state index in [-0.39, 0.29) is 6.61 Å². The van der Waals surface area contributed by atoms with E-state index >= 15 is 0 Å². The van der Waals surface area contributed by atoms with Crippen LogP contribution in [-0.4, -0.2) is 48.1 Å². The molecule has 1 aromatic heterocycles. The quantitative estimate of drug-likeness (QED) is 0.384. The van der Waals surface area contributed by atoms with Crippen molar-refractivity contribution in [3.05, 3.63) is 89.6 Å². The van der Waals surface area contributed by atoms with E-state index < -0.39 is 22.8 Å². The molecule has 7 heteroatoms. The maximum Gasteiger partial charge on any atom is 0.329 e. The van der Waals surface area contributed by atoms with Crippen molar-refractivity contribution in [3.63, 3.8) is 0 Å². The second kappa shape index (κ2) is 8.39. The van der Waals surface area contributed by atoms with Gasteiger partial charge in [0.25, 0.3) is 0 Å². The second-order valence-corrected chi connectivity index (χ2v) is 9.51. The highest BCUT2D eigenvalue weighted by Gasteiger charge is 2.74. The number of hydrogen-bond acceptors (Lipinski definition) is 7. The molecule has 1 aliphatic carbocycles. The minimum Gasteiger partial charge on any atom is -0.497 e. The van der Waals surface area contributed by atoms with Crippen LogP contribution in [0.1, 0.15) is 29.7 Å². The van der Waals surface area contributed by atoms with Crippen LogP contribution >= 0.6 is 0 Å². The first-order chi connectivity index (χ1) is 18.0. The normalized spacial score (nSPS) is 24.0. The molecule has 7 nitrogen and oxygen atoms in total. The Morgan fingerprint density at radius 3 is 2.41 bits per heavy atom. The van der Waals surface area contributed by atoms with Crippen LogP contribution in [0.5, 0.6) is 5.75 Å². The summed E-state index contributed by atoms with van der Waals surface area (Å²) in [6.45, 7) is 2.37. The first-order valence-corrected chi connectivity index (χ1v) is 12.3. The predicted octanol–water partition coefficient (Wildman–Crippen LogP) is 4.66. The molecule has 1 saturated heterocycles. The summed E-state index contributed by atoms with van der Waals surface area (Å²) in [7, 11) is 3.57. The number of ether oxygens (including phenoxy) is 2. The molecule has 0 saturated carbocycles. The molecule has 0 radical (unpaired) electrons. The zero-order valence-electron chi connectivity index (χ0n) is 20.9. The molecule has 1 aliphatic heterocycles. The van der Waals surface area contributed by atoms with Crippen molar-refractivity contribution in [1.82, 2.24) is 14.9 Å². The molecule has 1 fully saturated rings. The first kappa shape index (κ1) is 23.1. The van der Waals surface area contributed by atoms with Crippen LogP contribution in [0, 0.1) is 16.7 Å². The van der Waals surface area contributed by atoms with Gasteiger partial charge in [0.1, 0.15) is 11.3 Å². The van der Waals surface area contributed by atoms with Crippen LogP contribution in [0.3, 0.4) is 0 Å². The zero-order valence-corrected chi connectivity index (χ0v) is 20.9. The van der Waals surface area contributed by atoms with Gasteiger partial charge in [0.05, 0.1) is 42.2 Å². The van der Waals surface area contributed by atoms with Gasteiger partial charge in [0.2, 0.25) is 0 Å². The highest BCUT2D eigenvalue weighted by Crippen LogP contribution is 2.66. The summed E-state index contributed by atoms with van der Waals surface area (Å²) in [5, 5.41) is 11.1. The Labute approximate surface area is 215 Å². The van der Waals surface area contributed by atoms with Gasteiger partial charge in [-0.2, -0.15) is 5.26 Å². The van der Waals surface area contributed by atoms with Gasteiger partial charge < -0.3 is 9.47 Å². The fourth-order valence-corrected chi connectivity index (χ4v) is 6.39. The summed E-state index contributed by atoms with van der Waals surface area (Å²) in [6, 6.07) is 25.6. The van der Waals surface area contributed by atoms with Gasteiger partial charge in [-0.3, -0.25) is 9.69 Å². The lowest BCUT2D eigenvalue weighted by Crippen LogP contribution is -2.55. The Balaban J connectivity index is 1.72. The van der Waals surface area contributed by atoms with Gasteiger partial charge in [-0.05, 0) is 49.4 Å². The maximum atomic E-state index is 14.2. The molecule has 2 heterocycles. The smallest absolute Gasteiger partial charge is 0.329 e. The van der Waals surface area contributed by atoms with Crippen molar-refractivity contribution in [1.29, 1.82) is 5.26 Å². The van der Waals surface area contributed by atoms with Gasteiger partial charge >= 0.3 is 5.97 Å². The Morgan fingerprint density at radius 1 is 1.05 bits per heavy atom. The lowest BCUT2D eigenvalue weighted by molar-refractivity contribution is -0.156. The summed E-state index contributed by atoms with van der Waals surface area (Å²) in [4.78, 5) is 26.4. The zero-order chi connectivity index (χ0) is 25.8. The summed E-state index contributed by atoms with van der Waals surface area (Å²) in [5.41, 5.74) is 2.55. The average molecular weight is 491 g/mol. The number of likely N-dealkylation sites (tertiary alicyclic amines) is 1. The standard InChI is InChI=1S/C30H26N4O3/c1-4-37-28(35)29(18-31)23(19-13-15-20(36-3)16-14-19)17-34(2)30(29)22-10-6-5-9-21(22)26-27(30)33-25-12-8-7-11-24(25)32-26/h5-16,23H,4,17H2,1-3H3/t23-,29+,30-/m1/s1. The Hall–Kier alpha value is -4.28. The third-order valence-corrected chi connectivity index (χ3v) is 7.90. The van der Waals surface area contributed by atoms with Crippen LogP contribution in [0.4, 0.5) is 0 Å². The fourth-order valence-electron chi connectivity index (χ4n) is 6.39. The number of nitriles is 1. The van der Waals surface area contributed by atoms with Crippen molar-refractivity contribution in [2.75, 3.05) is 27.3 Å². The SMILES string of the molecule is CCOC(=O)[C@]1(C#N)[C@@H](c2ccc(OC)cc2)CN(C)[C@@]12c1ccccc1-c1nc3ccccc3nc12. The number of benzene rings is 3. The highest BCUT2D eigenvalue weighted by molar-refractivity contribution is 5.92. The number of nitrogens with zero attached hydrogens (tertiary/aromatic N) is 4. The summed E-state index contributed by atoms with van der Waals surface area (Å²) < 4.78 is 11.1. The largest absolute Gasteiger partial charge is 0.497 e. The minimum atomic E-state index is -1.62. The maximum absolute atomic E-state index is 14.2. The molecule has 3 aromatic carbocycles. The van der Waals surface area contributed by atoms with E-state index in [1.54, 1.807) is 14.0 Å². The fraction of sp³-hybridized carbons (Fsp3) is 0.267. The van der Waals surface area contributed by atoms with Gasteiger partial charge in [-0.1, -0.05) is 48.5 Å². The van der Waals surface area contributed by atoms with Gasteiger partial charge in [-0.15, -0.1) is 0 Å². The first-order valence-electron chi connectivity index (χ1n) is 12.3. The van der Waals surface area contributed by atoms with Crippen LogP contribution in [0.25, 0.3) is 22.3 Å². The average Bonchev–Trinajstić information content (AvgIpc) is 3.38. The molecule has 6 rings (SSSR count). The molecule has 37 heavy (non-hydrogen) atoms. The molecular formula is C30H26N4O3. The number of likely N-dealkylation sites (N-methyl/N-ethyl adjacent to an activating group) is 1. The summed E-state index contributed by atoms with van der Waals surface area (Å²) in [6.07, 6.45) is 0. The van der Waals surface area contributed by atoms with Crippen molar-refractivity contribution in [3.8, 4) is 23.1 Å². The van der Waals surface area contributed by atoms with E-state index in [0.29, 0.717) is 29.2 Å². The van der Waals surface area contributed by atoms with Crippen LogP contribution in [0.15, 0.2) is 72.8 Å². The van der Waals surface area contributed by atoms with Crippen molar-refractivity contribution < 1.29 is 14.3 Å². The number of para-hydroxylation sites is 2. The molecule has 1 spiro atoms. The Kier molecular flexibility index (Phi) is 5.25. The van der Waals surface area contributed by atoms with Gasteiger partial charge in [-0.25, -0.2) is 9.97 Å². The topological polar surface area (TPSA) is 88.3 Å². The number of carbonyl (C=O) groups is 1. The third-order valence-electron chi connectivity index (χ3n) is 7.90. The third kappa shape index (κ3) is 2.87. The monoisotopic (exact) mass is 490 g/mol. The number of fused-ring (bicyclic) bond motifs is 6. The number of carbonyl (C=O) groups excluding carboxylic acids is 1. The molecule has 0 amide bonds. The molecule has 4 aromatic rings. The molecule has 0 bridgehead atoms. The van der Waals surface area contributed by atoms with Crippen molar-refractivity contribution in [2.24, 2.45) is 5.41 Å². The molecular weight excluding hydrogens is 464 g/mol. The highest BCUT2D eigenvalue weighted by atomic mass is 16.5. The van der Waals surface area contributed by atoms with Crippen molar-refractivity contribution >= 4 is 17.0 Å². The van der Waals surface area contributed by atoms with E-state index in [9.17, 15) is 10.1 Å². The lowest BCUT2D eigenvalue weighted by Gasteiger charge is -2.42. The number of rotatable bonds is 4. The van der Waals surface area contributed by atoms with E-state index in [0.717, 1.165) is 22.2 Å². The Morgan fingerprint density at radius 2 is 1.73 bits per heavy atom. The lowest BCUT2D eigenvalue weighted by atomic mass is 9.61. The second-order valence-electron chi connectivity index (χ2n) is 9.51. The number of aromatic nitrogens is 2. The Bertz CT molecular complexity index is 1580. The van der Waals surface area contributed by atoms with E-state index in [1.807, 2.05) is 79.8 Å². The number of hydrogen-bond donors (Lipinski definition) is 0. The molecule has 3 atom stereocenters. The molecule has 2 aliphatic rings. The van der Waals surface area contributed by atoms with E-state index in [1.165, 1.54) is 0 Å². The van der Waals surface area contributed by atoms with Crippen molar-refractivity contribution in [2.45, 2.75) is 18.4 Å². The molecule has 0 N–H and O–H groups in total. The number of methoxy groups -OCH3 is 1. The van der Waals surface area contributed by atoms with E-state index in [2.05, 4.69) is 11.0 Å². The number of esters is 1. The molecule has 184 valence electrons.